The second-order valence-corrected chi connectivity index (χ2v) is 8.89. The van der Waals surface area contributed by atoms with E-state index < -0.39 is 0 Å². The molecule has 0 aromatic heterocycles. The monoisotopic (exact) mass is 455 g/mol. The molecule has 0 radical (unpaired) electrons. The van der Waals surface area contributed by atoms with Crippen molar-refractivity contribution in [2.75, 3.05) is 52.9 Å². The maximum atomic E-state index is 5.38. The van der Waals surface area contributed by atoms with Crippen molar-refractivity contribution >= 4 is 5.57 Å². The summed E-state index contributed by atoms with van der Waals surface area (Å²) < 4.78 is 5.38. The maximum Gasteiger partial charge on any atom is 0.118 e. The summed E-state index contributed by atoms with van der Waals surface area (Å²) in [5.41, 5.74) is 5.12. The van der Waals surface area contributed by atoms with E-state index in [1.54, 1.807) is 7.11 Å². The van der Waals surface area contributed by atoms with Crippen molar-refractivity contribution < 1.29 is 4.74 Å². The fourth-order valence-electron chi connectivity index (χ4n) is 4.59. The first-order chi connectivity index (χ1) is 16.7. The molecule has 1 aliphatic rings. The summed E-state index contributed by atoms with van der Waals surface area (Å²) in [7, 11) is 1.72. The zero-order valence-electron chi connectivity index (χ0n) is 20.5. The highest BCUT2D eigenvalue weighted by molar-refractivity contribution is 5.79. The van der Waals surface area contributed by atoms with Gasteiger partial charge in [-0.25, -0.2) is 0 Å². The molecule has 0 aliphatic carbocycles. The Labute approximate surface area is 204 Å². The third-order valence-electron chi connectivity index (χ3n) is 6.76. The third kappa shape index (κ3) is 6.57. The van der Waals surface area contributed by atoms with Gasteiger partial charge in [0.2, 0.25) is 0 Å². The Kier molecular flexibility index (Phi) is 8.91. The zero-order valence-corrected chi connectivity index (χ0v) is 20.5. The van der Waals surface area contributed by atoms with Crippen LogP contribution in [0.2, 0.25) is 0 Å². The first kappa shape index (κ1) is 24.2. The molecule has 0 bridgehead atoms. The number of rotatable bonds is 10. The smallest absolute Gasteiger partial charge is 0.118 e. The molecule has 3 aromatic rings. The molecule has 0 unspecified atom stereocenters. The highest BCUT2D eigenvalue weighted by Gasteiger charge is 2.18. The van der Waals surface area contributed by atoms with Crippen LogP contribution in [-0.4, -0.2) is 62.7 Å². The summed E-state index contributed by atoms with van der Waals surface area (Å²) in [6, 6.07) is 30.3. The highest BCUT2D eigenvalue weighted by Crippen LogP contribution is 2.26. The molecule has 1 N–H and O–H groups in total. The van der Waals surface area contributed by atoms with Gasteiger partial charge in [0.1, 0.15) is 5.75 Å². The van der Waals surface area contributed by atoms with E-state index in [2.05, 4.69) is 113 Å². The molecule has 1 aliphatic heterocycles. The number of nitrogens with one attached hydrogen (secondary N) is 1. The van der Waals surface area contributed by atoms with Crippen LogP contribution in [0.25, 0.3) is 5.57 Å². The second-order valence-electron chi connectivity index (χ2n) is 8.89. The van der Waals surface area contributed by atoms with E-state index in [1.165, 1.54) is 22.3 Å². The topological polar surface area (TPSA) is 27.7 Å². The Morgan fingerprint density at radius 3 is 2.06 bits per heavy atom. The first-order valence-corrected chi connectivity index (χ1v) is 12.4. The molecular weight excluding hydrogens is 418 g/mol. The van der Waals surface area contributed by atoms with Gasteiger partial charge < -0.3 is 10.1 Å². The first-order valence-electron chi connectivity index (χ1n) is 12.4. The van der Waals surface area contributed by atoms with Gasteiger partial charge in [-0.05, 0) is 41.3 Å². The SMILES string of the molecule is COc1ccc([C@@H](C)N(CC=C(c2ccccc2)c2ccccc2)CCN2CCNCC2)cc1. The minimum atomic E-state index is 0.304. The van der Waals surface area contributed by atoms with E-state index in [0.717, 1.165) is 51.6 Å². The van der Waals surface area contributed by atoms with Crippen molar-refractivity contribution in [3.05, 3.63) is 108 Å². The van der Waals surface area contributed by atoms with Gasteiger partial charge in [-0.15, -0.1) is 0 Å². The fourth-order valence-corrected chi connectivity index (χ4v) is 4.59. The molecule has 0 amide bonds. The van der Waals surface area contributed by atoms with Gasteiger partial charge in [-0.1, -0.05) is 78.9 Å². The van der Waals surface area contributed by atoms with E-state index in [4.69, 9.17) is 4.74 Å². The molecule has 0 spiro atoms. The number of ether oxygens (including phenoxy) is 1. The molecule has 34 heavy (non-hydrogen) atoms. The second kappa shape index (κ2) is 12.5. The summed E-state index contributed by atoms with van der Waals surface area (Å²) in [4.78, 5) is 5.17. The zero-order chi connectivity index (χ0) is 23.6. The lowest BCUT2D eigenvalue weighted by molar-refractivity contribution is 0.171. The summed E-state index contributed by atoms with van der Waals surface area (Å²) in [6.45, 7) is 9.74. The minimum Gasteiger partial charge on any atom is -0.497 e. The third-order valence-corrected chi connectivity index (χ3v) is 6.76. The van der Waals surface area contributed by atoms with Crippen molar-refractivity contribution in [2.45, 2.75) is 13.0 Å². The number of hydrogen-bond acceptors (Lipinski definition) is 4. The van der Waals surface area contributed by atoms with E-state index in [1.807, 2.05) is 0 Å². The molecule has 4 nitrogen and oxygen atoms in total. The van der Waals surface area contributed by atoms with Gasteiger partial charge in [-0.3, -0.25) is 9.80 Å². The molecule has 1 atom stereocenters. The van der Waals surface area contributed by atoms with Crippen LogP contribution in [0.1, 0.15) is 29.7 Å². The number of nitrogens with zero attached hydrogens (tertiary/aromatic N) is 2. The number of hydrogen-bond donors (Lipinski definition) is 1. The Morgan fingerprint density at radius 2 is 1.50 bits per heavy atom. The number of benzene rings is 3. The van der Waals surface area contributed by atoms with Gasteiger partial charge in [0.05, 0.1) is 7.11 Å². The van der Waals surface area contributed by atoms with Crippen LogP contribution >= 0.6 is 0 Å². The minimum absolute atomic E-state index is 0.304. The van der Waals surface area contributed by atoms with E-state index in [-0.39, 0.29) is 0 Å². The molecule has 4 rings (SSSR count). The van der Waals surface area contributed by atoms with Crippen molar-refractivity contribution in [3.63, 3.8) is 0 Å². The Hall–Kier alpha value is -2.92. The van der Waals surface area contributed by atoms with Crippen molar-refractivity contribution in [3.8, 4) is 5.75 Å². The molecule has 1 heterocycles. The summed E-state index contributed by atoms with van der Waals surface area (Å²) in [5, 5.41) is 3.46. The Balaban J connectivity index is 1.58. The lowest BCUT2D eigenvalue weighted by Crippen LogP contribution is -2.46. The van der Waals surface area contributed by atoms with E-state index >= 15 is 0 Å². The average Bonchev–Trinajstić information content (AvgIpc) is 2.92. The molecule has 1 fully saturated rings. The average molecular weight is 456 g/mol. The lowest BCUT2D eigenvalue weighted by Gasteiger charge is -2.33. The lowest BCUT2D eigenvalue weighted by atomic mass is 9.97. The molecule has 3 aromatic carbocycles. The number of methoxy groups -OCH3 is 1. The van der Waals surface area contributed by atoms with Gasteiger partial charge in [0.15, 0.2) is 0 Å². The molecular formula is C30H37N3O. The van der Waals surface area contributed by atoms with Gasteiger partial charge in [0, 0.05) is 51.9 Å². The molecule has 4 heteroatoms. The van der Waals surface area contributed by atoms with E-state index in [0.29, 0.717) is 6.04 Å². The van der Waals surface area contributed by atoms with Gasteiger partial charge in [0.25, 0.3) is 0 Å². The predicted molar refractivity (Wildman–Crippen MR) is 142 cm³/mol. The highest BCUT2D eigenvalue weighted by atomic mass is 16.5. The molecule has 178 valence electrons. The van der Waals surface area contributed by atoms with Crippen LogP contribution in [0.4, 0.5) is 0 Å². The summed E-state index contributed by atoms with van der Waals surface area (Å²) in [6.07, 6.45) is 2.41. The van der Waals surface area contributed by atoms with Crippen molar-refractivity contribution in [2.24, 2.45) is 0 Å². The van der Waals surface area contributed by atoms with Crippen LogP contribution < -0.4 is 10.1 Å². The van der Waals surface area contributed by atoms with Crippen LogP contribution in [0.3, 0.4) is 0 Å². The molecule has 1 saturated heterocycles. The van der Waals surface area contributed by atoms with Crippen LogP contribution in [-0.2, 0) is 0 Å². The quantitative estimate of drug-likeness (QED) is 0.461. The maximum absolute atomic E-state index is 5.38. The standard InChI is InChI=1S/C30H37N3O/c1-25(26-13-15-29(34-2)16-14-26)33(24-23-32-21-18-31-19-22-32)20-17-30(27-9-5-3-6-10-27)28-11-7-4-8-12-28/h3-17,25,31H,18-24H2,1-2H3/t25-/m1/s1. The summed E-state index contributed by atoms with van der Waals surface area (Å²) >= 11 is 0. The fraction of sp³-hybridized carbons (Fsp3) is 0.333. The Morgan fingerprint density at radius 1 is 0.912 bits per heavy atom. The Bertz CT molecular complexity index is 970. The van der Waals surface area contributed by atoms with Crippen LogP contribution in [0.5, 0.6) is 5.75 Å². The van der Waals surface area contributed by atoms with Gasteiger partial charge >= 0.3 is 0 Å². The predicted octanol–water partition coefficient (Wildman–Crippen LogP) is 5.10. The van der Waals surface area contributed by atoms with Crippen molar-refractivity contribution in [1.82, 2.24) is 15.1 Å². The van der Waals surface area contributed by atoms with Crippen LogP contribution in [0.15, 0.2) is 91.0 Å². The summed E-state index contributed by atoms with van der Waals surface area (Å²) in [5.74, 6) is 0.902. The van der Waals surface area contributed by atoms with E-state index in [9.17, 15) is 0 Å². The molecule has 0 saturated carbocycles. The van der Waals surface area contributed by atoms with Crippen molar-refractivity contribution in [1.29, 1.82) is 0 Å². The normalized spacial score (nSPS) is 15.1. The largest absolute Gasteiger partial charge is 0.497 e. The van der Waals surface area contributed by atoms with Gasteiger partial charge in [-0.2, -0.15) is 0 Å². The number of piperazine rings is 1. The van der Waals surface area contributed by atoms with Crippen LogP contribution in [0, 0.1) is 0 Å².